The van der Waals surface area contributed by atoms with E-state index in [0.717, 1.165) is 19.0 Å². The van der Waals surface area contributed by atoms with E-state index in [1.165, 1.54) is 36.1 Å². The van der Waals surface area contributed by atoms with Crippen LogP contribution in [-0.2, 0) is 6.42 Å². The van der Waals surface area contributed by atoms with Gasteiger partial charge in [-0.2, -0.15) is 0 Å². The van der Waals surface area contributed by atoms with Crippen LogP contribution in [-0.4, -0.2) is 37.6 Å². The number of halogens is 1. The summed E-state index contributed by atoms with van der Waals surface area (Å²) < 4.78 is 1.18. The molecule has 1 unspecified atom stereocenters. The van der Waals surface area contributed by atoms with Gasteiger partial charge in [-0.05, 0) is 30.0 Å². The van der Waals surface area contributed by atoms with Gasteiger partial charge in [-0.1, -0.05) is 35.0 Å². The predicted octanol–water partition coefficient (Wildman–Crippen LogP) is 2.53. The third-order valence-electron chi connectivity index (χ3n) is 3.25. The van der Waals surface area contributed by atoms with Crippen molar-refractivity contribution < 1.29 is 0 Å². The molecule has 94 valence electrons. The van der Waals surface area contributed by atoms with Crippen LogP contribution in [0.15, 0.2) is 28.7 Å². The van der Waals surface area contributed by atoms with Crippen molar-refractivity contribution in [3.05, 3.63) is 34.3 Å². The SMILES string of the molecule is CC(Cc1cccc(Br)c1)CN1CCNCC1. The van der Waals surface area contributed by atoms with Crippen LogP contribution >= 0.6 is 15.9 Å². The van der Waals surface area contributed by atoms with Gasteiger partial charge >= 0.3 is 0 Å². The summed E-state index contributed by atoms with van der Waals surface area (Å²) in [7, 11) is 0. The number of rotatable bonds is 4. The highest BCUT2D eigenvalue weighted by Gasteiger charge is 2.13. The number of piperazine rings is 1. The van der Waals surface area contributed by atoms with Crippen LogP contribution in [0.2, 0.25) is 0 Å². The molecule has 1 heterocycles. The van der Waals surface area contributed by atoms with Gasteiger partial charge < -0.3 is 10.2 Å². The summed E-state index contributed by atoms with van der Waals surface area (Å²) >= 11 is 3.53. The molecule has 1 aliphatic heterocycles. The first-order chi connectivity index (χ1) is 8.24. The Bertz CT molecular complexity index is 348. The average molecular weight is 297 g/mol. The van der Waals surface area contributed by atoms with Gasteiger partial charge in [-0.3, -0.25) is 0 Å². The Morgan fingerprint density at radius 2 is 2.12 bits per heavy atom. The summed E-state index contributed by atoms with van der Waals surface area (Å²) in [6.45, 7) is 8.25. The zero-order valence-corrected chi connectivity index (χ0v) is 12.0. The molecule has 2 nitrogen and oxygen atoms in total. The Labute approximate surface area is 113 Å². The molecular weight excluding hydrogens is 276 g/mol. The molecule has 0 saturated carbocycles. The molecule has 0 aliphatic carbocycles. The minimum atomic E-state index is 0.724. The second-order valence-corrected chi connectivity index (χ2v) is 5.91. The van der Waals surface area contributed by atoms with Crippen LogP contribution in [0.5, 0.6) is 0 Å². The molecule has 1 N–H and O–H groups in total. The Morgan fingerprint density at radius 3 is 2.82 bits per heavy atom. The van der Waals surface area contributed by atoms with Crippen molar-refractivity contribution in [1.29, 1.82) is 0 Å². The number of nitrogens with one attached hydrogen (secondary N) is 1. The van der Waals surface area contributed by atoms with Crippen molar-refractivity contribution in [2.24, 2.45) is 5.92 Å². The molecule has 1 aromatic rings. The third kappa shape index (κ3) is 4.41. The highest BCUT2D eigenvalue weighted by molar-refractivity contribution is 9.10. The smallest absolute Gasteiger partial charge is 0.0177 e. The van der Waals surface area contributed by atoms with E-state index in [-0.39, 0.29) is 0 Å². The van der Waals surface area contributed by atoms with E-state index in [1.54, 1.807) is 0 Å². The molecule has 1 fully saturated rings. The van der Waals surface area contributed by atoms with E-state index < -0.39 is 0 Å². The van der Waals surface area contributed by atoms with Crippen molar-refractivity contribution in [2.45, 2.75) is 13.3 Å². The van der Waals surface area contributed by atoms with Crippen LogP contribution < -0.4 is 5.32 Å². The third-order valence-corrected chi connectivity index (χ3v) is 3.75. The molecule has 0 spiro atoms. The standard InChI is InChI=1S/C14H21BrN2/c1-12(11-17-7-5-16-6-8-17)9-13-3-2-4-14(15)10-13/h2-4,10,12,16H,5-9,11H2,1H3. The summed E-state index contributed by atoms with van der Waals surface area (Å²) in [5.74, 6) is 0.724. The first kappa shape index (κ1) is 13.1. The number of hydrogen-bond acceptors (Lipinski definition) is 2. The van der Waals surface area contributed by atoms with Crippen LogP contribution in [0, 0.1) is 5.92 Å². The van der Waals surface area contributed by atoms with Gasteiger partial charge in [0.05, 0.1) is 0 Å². The fourth-order valence-electron chi connectivity index (χ4n) is 2.47. The zero-order chi connectivity index (χ0) is 12.1. The average Bonchev–Trinajstić information content (AvgIpc) is 2.30. The molecule has 0 bridgehead atoms. The van der Waals surface area contributed by atoms with Crippen molar-refractivity contribution >= 4 is 15.9 Å². The van der Waals surface area contributed by atoms with E-state index in [1.807, 2.05) is 0 Å². The van der Waals surface area contributed by atoms with Gasteiger partial charge in [-0.25, -0.2) is 0 Å². The lowest BCUT2D eigenvalue weighted by molar-refractivity contribution is 0.211. The Morgan fingerprint density at radius 1 is 1.35 bits per heavy atom. The quantitative estimate of drug-likeness (QED) is 0.919. The maximum atomic E-state index is 3.53. The van der Waals surface area contributed by atoms with E-state index in [9.17, 15) is 0 Å². The van der Waals surface area contributed by atoms with Crippen LogP contribution in [0.3, 0.4) is 0 Å². The second-order valence-electron chi connectivity index (χ2n) is 4.99. The fourth-order valence-corrected chi connectivity index (χ4v) is 2.91. The molecule has 0 aromatic heterocycles. The molecule has 1 saturated heterocycles. The van der Waals surface area contributed by atoms with E-state index >= 15 is 0 Å². The molecule has 1 atom stereocenters. The Kier molecular flexibility index (Phi) is 5.01. The lowest BCUT2D eigenvalue weighted by Crippen LogP contribution is -2.45. The lowest BCUT2D eigenvalue weighted by Gasteiger charge is -2.29. The highest BCUT2D eigenvalue weighted by Crippen LogP contribution is 2.15. The van der Waals surface area contributed by atoms with Gasteiger partial charge in [0.15, 0.2) is 0 Å². The fraction of sp³-hybridized carbons (Fsp3) is 0.571. The van der Waals surface area contributed by atoms with E-state index in [2.05, 4.69) is 57.3 Å². The Balaban J connectivity index is 1.82. The number of hydrogen-bond donors (Lipinski definition) is 1. The minimum absolute atomic E-state index is 0.724. The second kappa shape index (κ2) is 6.53. The summed E-state index contributed by atoms with van der Waals surface area (Å²) in [5, 5.41) is 3.40. The van der Waals surface area contributed by atoms with Gasteiger partial charge in [0.25, 0.3) is 0 Å². The predicted molar refractivity (Wildman–Crippen MR) is 76.3 cm³/mol. The topological polar surface area (TPSA) is 15.3 Å². The normalized spacial score (nSPS) is 19.2. The number of nitrogens with zero attached hydrogens (tertiary/aromatic N) is 1. The molecule has 1 aliphatic rings. The van der Waals surface area contributed by atoms with Gasteiger partial charge in [0.2, 0.25) is 0 Å². The van der Waals surface area contributed by atoms with Crippen molar-refractivity contribution in [3.63, 3.8) is 0 Å². The van der Waals surface area contributed by atoms with Gasteiger partial charge in [-0.15, -0.1) is 0 Å². The van der Waals surface area contributed by atoms with Crippen molar-refractivity contribution in [2.75, 3.05) is 32.7 Å². The summed E-state index contributed by atoms with van der Waals surface area (Å²) in [6, 6.07) is 8.66. The molecule has 0 radical (unpaired) electrons. The molecule has 1 aromatic carbocycles. The van der Waals surface area contributed by atoms with Crippen molar-refractivity contribution in [3.8, 4) is 0 Å². The lowest BCUT2D eigenvalue weighted by atomic mass is 10.0. The minimum Gasteiger partial charge on any atom is -0.314 e. The van der Waals surface area contributed by atoms with Crippen LogP contribution in [0.4, 0.5) is 0 Å². The summed E-state index contributed by atoms with van der Waals surface area (Å²) in [5.41, 5.74) is 1.43. The monoisotopic (exact) mass is 296 g/mol. The van der Waals surface area contributed by atoms with E-state index in [0.29, 0.717) is 0 Å². The number of benzene rings is 1. The first-order valence-electron chi connectivity index (χ1n) is 6.41. The molecule has 2 rings (SSSR count). The largest absolute Gasteiger partial charge is 0.314 e. The van der Waals surface area contributed by atoms with Gasteiger partial charge in [0.1, 0.15) is 0 Å². The van der Waals surface area contributed by atoms with Gasteiger partial charge in [0, 0.05) is 37.2 Å². The van der Waals surface area contributed by atoms with Crippen LogP contribution in [0.25, 0.3) is 0 Å². The highest BCUT2D eigenvalue weighted by atomic mass is 79.9. The summed E-state index contributed by atoms with van der Waals surface area (Å²) in [6.07, 6.45) is 1.17. The molecule has 0 amide bonds. The van der Waals surface area contributed by atoms with Crippen LogP contribution in [0.1, 0.15) is 12.5 Å². The maximum absolute atomic E-state index is 3.53. The molecule has 17 heavy (non-hydrogen) atoms. The van der Waals surface area contributed by atoms with Crippen molar-refractivity contribution in [1.82, 2.24) is 10.2 Å². The zero-order valence-electron chi connectivity index (χ0n) is 10.5. The molecule has 3 heteroatoms. The summed E-state index contributed by atoms with van der Waals surface area (Å²) in [4.78, 5) is 2.57. The maximum Gasteiger partial charge on any atom is 0.0177 e. The Hall–Kier alpha value is -0.380. The molecular formula is C14H21BrN2. The van der Waals surface area contributed by atoms with E-state index in [4.69, 9.17) is 0 Å². The first-order valence-corrected chi connectivity index (χ1v) is 7.21.